The van der Waals surface area contributed by atoms with E-state index in [-0.39, 0.29) is 17.9 Å². The highest BCUT2D eigenvalue weighted by atomic mass is 16.2. The van der Waals surface area contributed by atoms with Crippen molar-refractivity contribution in [2.45, 2.75) is 58.4 Å². The first-order valence-electron chi connectivity index (χ1n) is 11.4. The van der Waals surface area contributed by atoms with E-state index in [9.17, 15) is 9.59 Å². The number of nitrogens with zero attached hydrogens (tertiary/aromatic N) is 2. The molecule has 1 aromatic heterocycles. The molecule has 0 fully saturated rings. The average Bonchev–Trinajstić information content (AvgIpc) is 3.01. The third kappa shape index (κ3) is 4.74. The van der Waals surface area contributed by atoms with Crippen molar-refractivity contribution < 1.29 is 9.59 Å². The van der Waals surface area contributed by atoms with E-state index in [1.165, 1.54) is 6.42 Å². The van der Waals surface area contributed by atoms with Crippen LogP contribution in [-0.4, -0.2) is 21.6 Å². The first-order chi connectivity index (χ1) is 15.6. The van der Waals surface area contributed by atoms with Gasteiger partial charge in [0.05, 0.1) is 11.7 Å². The van der Waals surface area contributed by atoms with Crippen molar-refractivity contribution in [2.75, 3.05) is 5.32 Å². The quantitative estimate of drug-likeness (QED) is 0.542. The first-order valence-corrected chi connectivity index (χ1v) is 11.4. The summed E-state index contributed by atoms with van der Waals surface area (Å²) < 4.78 is 1.95. The van der Waals surface area contributed by atoms with E-state index in [1.54, 1.807) is 0 Å². The summed E-state index contributed by atoms with van der Waals surface area (Å²) in [5.41, 5.74) is 5.48. The summed E-state index contributed by atoms with van der Waals surface area (Å²) in [6, 6.07) is 17.4. The maximum atomic E-state index is 13.3. The van der Waals surface area contributed by atoms with Crippen molar-refractivity contribution >= 4 is 17.5 Å². The smallest absolute Gasteiger partial charge is 0.272 e. The molecule has 32 heavy (non-hydrogen) atoms. The molecule has 0 aliphatic heterocycles. The zero-order valence-corrected chi connectivity index (χ0v) is 18.7. The van der Waals surface area contributed by atoms with E-state index in [0.29, 0.717) is 12.1 Å². The molecule has 0 saturated carbocycles. The minimum Gasteiger partial charge on any atom is -0.344 e. The number of nitrogens with one attached hydrogen (secondary N) is 2. The lowest BCUT2D eigenvalue weighted by Crippen LogP contribution is -2.28. The lowest BCUT2D eigenvalue weighted by molar-refractivity contribution is -0.115. The molecule has 6 heteroatoms. The molecule has 4 rings (SSSR count). The SMILES string of the molecule is CCC(=O)Nc1ccc(C(C)NC(=O)c2nn(-c3ccccc3)c3c2CCCCC3)cc1. The molecule has 1 unspecified atom stereocenters. The molecular formula is C26H30N4O2. The Labute approximate surface area is 189 Å². The van der Waals surface area contributed by atoms with Crippen LogP contribution < -0.4 is 10.6 Å². The van der Waals surface area contributed by atoms with Gasteiger partial charge in [-0.05, 0) is 62.4 Å². The number of aromatic nitrogens is 2. The van der Waals surface area contributed by atoms with Crippen LogP contribution in [0.3, 0.4) is 0 Å². The van der Waals surface area contributed by atoms with Gasteiger partial charge in [0.25, 0.3) is 5.91 Å². The van der Waals surface area contributed by atoms with Crippen LogP contribution in [0.25, 0.3) is 5.69 Å². The Morgan fingerprint density at radius 1 is 1.00 bits per heavy atom. The lowest BCUT2D eigenvalue weighted by Gasteiger charge is -2.15. The third-order valence-electron chi connectivity index (χ3n) is 6.01. The van der Waals surface area contributed by atoms with Gasteiger partial charge >= 0.3 is 0 Å². The largest absolute Gasteiger partial charge is 0.344 e. The minimum atomic E-state index is -0.179. The second kappa shape index (κ2) is 9.81. The number of para-hydroxylation sites is 1. The molecule has 1 aliphatic rings. The molecular weight excluding hydrogens is 400 g/mol. The molecule has 0 spiro atoms. The van der Waals surface area contributed by atoms with Gasteiger partial charge in [-0.2, -0.15) is 5.10 Å². The monoisotopic (exact) mass is 430 g/mol. The first kappa shape index (κ1) is 21.8. The van der Waals surface area contributed by atoms with Crippen molar-refractivity contribution in [1.82, 2.24) is 15.1 Å². The topological polar surface area (TPSA) is 76.0 Å². The highest BCUT2D eigenvalue weighted by Crippen LogP contribution is 2.27. The number of carbonyl (C=O) groups excluding carboxylic acids is 2. The van der Waals surface area contributed by atoms with Gasteiger partial charge in [0.1, 0.15) is 0 Å². The molecule has 3 aromatic rings. The zero-order chi connectivity index (χ0) is 22.5. The summed E-state index contributed by atoms with van der Waals surface area (Å²) in [5, 5.41) is 10.7. The van der Waals surface area contributed by atoms with Crippen LogP contribution in [0, 0.1) is 0 Å². The number of hydrogen-bond donors (Lipinski definition) is 2. The van der Waals surface area contributed by atoms with E-state index >= 15 is 0 Å². The molecule has 0 bridgehead atoms. The summed E-state index contributed by atoms with van der Waals surface area (Å²) in [7, 11) is 0. The van der Waals surface area contributed by atoms with Crippen LogP contribution >= 0.6 is 0 Å². The molecule has 2 N–H and O–H groups in total. The Morgan fingerprint density at radius 2 is 1.72 bits per heavy atom. The number of amides is 2. The zero-order valence-electron chi connectivity index (χ0n) is 18.7. The molecule has 1 aliphatic carbocycles. The molecule has 2 amide bonds. The molecule has 2 aromatic carbocycles. The standard InChI is InChI=1S/C26H30N4O2/c1-3-24(31)28-20-16-14-19(15-17-20)18(2)27-26(32)25-22-12-8-5-9-13-23(22)30(29-25)21-10-6-4-7-11-21/h4,6-7,10-11,14-18H,3,5,8-9,12-13H2,1-2H3,(H,27,32)(H,28,31). The van der Waals surface area contributed by atoms with Gasteiger partial charge in [0, 0.05) is 23.4 Å². The molecule has 0 radical (unpaired) electrons. The number of anilines is 1. The van der Waals surface area contributed by atoms with Crippen LogP contribution in [0.15, 0.2) is 54.6 Å². The van der Waals surface area contributed by atoms with Gasteiger partial charge < -0.3 is 10.6 Å². The van der Waals surface area contributed by atoms with Crippen LogP contribution in [0.4, 0.5) is 5.69 Å². The maximum absolute atomic E-state index is 13.3. The van der Waals surface area contributed by atoms with E-state index in [1.807, 2.05) is 73.1 Å². The summed E-state index contributed by atoms with van der Waals surface area (Å²) in [6.45, 7) is 3.78. The number of benzene rings is 2. The van der Waals surface area contributed by atoms with E-state index < -0.39 is 0 Å². The third-order valence-corrected chi connectivity index (χ3v) is 6.01. The number of rotatable bonds is 6. The highest BCUT2D eigenvalue weighted by Gasteiger charge is 2.25. The van der Waals surface area contributed by atoms with Crippen LogP contribution in [0.1, 0.15) is 72.9 Å². The summed E-state index contributed by atoms with van der Waals surface area (Å²) in [4.78, 5) is 24.8. The number of carbonyl (C=O) groups is 2. The van der Waals surface area contributed by atoms with Crippen LogP contribution in [-0.2, 0) is 17.6 Å². The minimum absolute atomic E-state index is 0.0196. The van der Waals surface area contributed by atoms with Gasteiger partial charge in [-0.3, -0.25) is 9.59 Å². The Hall–Kier alpha value is -3.41. The molecule has 166 valence electrons. The van der Waals surface area contributed by atoms with Gasteiger partial charge in [-0.15, -0.1) is 0 Å². The summed E-state index contributed by atoms with van der Waals surface area (Å²) >= 11 is 0. The maximum Gasteiger partial charge on any atom is 0.272 e. The van der Waals surface area contributed by atoms with Gasteiger partial charge in [-0.1, -0.05) is 43.7 Å². The van der Waals surface area contributed by atoms with Crippen molar-refractivity contribution in [2.24, 2.45) is 0 Å². The second-order valence-electron chi connectivity index (χ2n) is 8.30. The predicted octanol–water partition coefficient (Wildman–Crippen LogP) is 4.98. The summed E-state index contributed by atoms with van der Waals surface area (Å²) in [6.07, 6.45) is 5.62. The van der Waals surface area contributed by atoms with Crippen molar-refractivity contribution in [3.8, 4) is 5.69 Å². The Bertz CT molecular complexity index is 1090. The van der Waals surface area contributed by atoms with Crippen LogP contribution in [0.5, 0.6) is 0 Å². The normalized spacial score (nSPS) is 14.2. The van der Waals surface area contributed by atoms with E-state index in [4.69, 9.17) is 5.10 Å². The van der Waals surface area contributed by atoms with Gasteiger partial charge in [-0.25, -0.2) is 4.68 Å². The molecule has 0 saturated heterocycles. The fourth-order valence-corrected chi connectivity index (χ4v) is 4.19. The van der Waals surface area contributed by atoms with Crippen molar-refractivity contribution in [3.05, 3.63) is 77.1 Å². The van der Waals surface area contributed by atoms with Gasteiger partial charge in [0.2, 0.25) is 5.91 Å². The molecule has 1 atom stereocenters. The predicted molar refractivity (Wildman–Crippen MR) is 126 cm³/mol. The van der Waals surface area contributed by atoms with E-state index in [2.05, 4.69) is 10.6 Å². The van der Waals surface area contributed by atoms with Crippen LogP contribution in [0.2, 0.25) is 0 Å². The second-order valence-corrected chi connectivity index (χ2v) is 8.30. The summed E-state index contributed by atoms with van der Waals surface area (Å²) in [5.74, 6) is -0.164. The van der Waals surface area contributed by atoms with Crippen molar-refractivity contribution in [1.29, 1.82) is 0 Å². The Balaban J connectivity index is 1.55. The Morgan fingerprint density at radius 3 is 2.44 bits per heavy atom. The fourth-order valence-electron chi connectivity index (χ4n) is 4.19. The molecule has 6 nitrogen and oxygen atoms in total. The number of fused-ring (bicyclic) bond motifs is 1. The number of hydrogen-bond acceptors (Lipinski definition) is 3. The Kier molecular flexibility index (Phi) is 6.69. The van der Waals surface area contributed by atoms with E-state index in [0.717, 1.165) is 53.9 Å². The fraction of sp³-hybridized carbons (Fsp3) is 0.346. The highest BCUT2D eigenvalue weighted by molar-refractivity contribution is 5.94. The lowest BCUT2D eigenvalue weighted by atomic mass is 10.1. The molecule has 1 heterocycles. The van der Waals surface area contributed by atoms with Crippen molar-refractivity contribution in [3.63, 3.8) is 0 Å². The average molecular weight is 431 g/mol. The van der Waals surface area contributed by atoms with Gasteiger partial charge in [0.15, 0.2) is 5.69 Å².